The Balaban J connectivity index is 2.43. The van der Waals surface area contributed by atoms with E-state index in [2.05, 4.69) is 47.4 Å². The molecule has 5 nitrogen and oxygen atoms in total. The molecule has 0 bridgehead atoms. The van der Waals surface area contributed by atoms with Crippen LogP contribution in [0.4, 0.5) is 5.82 Å². The molecule has 23 heavy (non-hydrogen) atoms. The van der Waals surface area contributed by atoms with Crippen molar-refractivity contribution in [3.05, 3.63) is 23.9 Å². The minimum atomic E-state index is 0.426. The average Bonchev–Trinajstić information content (AvgIpc) is 2.51. The van der Waals surface area contributed by atoms with Gasteiger partial charge in [-0.25, -0.2) is 4.98 Å². The molecule has 5 heteroatoms. The molecule has 1 unspecified atom stereocenters. The fraction of sp³-hybridized carbons (Fsp3) is 0.667. The van der Waals surface area contributed by atoms with Crippen LogP contribution in [-0.2, 0) is 6.54 Å². The number of nitrogens with one attached hydrogen (secondary N) is 2. The van der Waals surface area contributed by atoms with E-state index in [4.69, 9.17) is 0 Å². The lowest BCUT2D eigenvalue weighted by Crippen LogP contribution is -2.41. The van der Waals surface area contributed by atoms with E-state index in [1.165, 1.54) is 24.8 Å². The number of aromatic nitrogens is 1. The zero-order valence-electron chi connectivity index (χ0n) is 15.6. The summed E-state index contributed by atoms with van der Waals surface area (Å²) in [7, 11) is 5.81. The van der Waals surface area contributed by atoms with E-state index in [1.807, 2.05) is 38.3 Å². The third-order valence-corrected chi connectivity index (χ3v) is 3.75. The van der Waals surface area contributed by atoms with Gasteiger partial charge in [-0.05, 0) is 37.0 Å². The number of guanidine groups is 1. The Morgan fingerprint density at radius 1 is 1.26 bits per heavy atom. The molecule has 0 radical (unpaired) electrons. The molecule has 130 valence electrons. The summed E-state index contributed by atoms with van der Waals surface area (Å²) >= 11 is 0. The Kier molecular flexibility index (Phi) is 8.45. The van der Waals surface area contributed by atoms with E-state index in [0.29, 0.717) is 6.04 Å². The molecule has 0 saturated carbocycles. The van der Waals surface area contributed by atoms with Gasteiger partial charge in [0, 0.05) is 39.9 Å². The zero-order valence-corrected chi connectivity index (χ0v) is 15.6. The third kappa shape index (κ3) is 7.86. The van der Waals surface area contributed by atoms with Crippen LogP contribution in [-0.4, -0.2) is 38.1 Å². The summed E-state index contributed by atoms with van der Waals surface area (Å²) in [6.45, 7) is 7.50. The first kappa shape index (κ1) is 19.3. The number of hydrogen-bond acceptors (Lipinski definition) is 3. The van der Waals surface area contributed by atoms with Crippen molar-refractivity contribution in [2.75, 3.05) is 26.0 Å². The number of pyridine rings is 1. The standard InChI is InChI=1S/C18H33N5/c1-14(2)8-7-9-15(3)22-18(19-4)21-13-16-10-11-20-17(12-16)23(5)6/h10-12,14-15H,7-9,13H2,1-6H3,(H2,19,21,22). The van der Waals surface area contributed by atoms with Crippen LogP contribution in [0, 0.1) is 5.92 Å². The van der Waals surface area contributed by atoms with E-state index in [0.717, 1.165) is 24.2 Å². The molecule has 0 aromatic carbocycles. The van der Waals surface area contributed by atoms with Crippen LogP contribution in [0.5, 0.6) is 0 Å². The van der Waals surface area contributed by atoms with Crippen LogP contribution in [0.25, 0.3) is 0 Å². The molecular weight excluding hydrogens is 286 g/mol. The van der Waals surface area contributed by atoms with E-state index in [1.54, 1.807) is 0 Å². The average molecular weight is 319 g/mol. The lowest BCUT2D eigenvalue weighted by atomic mass is 10.0. The summed E-state index contributed by atoms with van der Waals surface area (Å²) in [5.41, 5.74) is 1.19. The lowest BCUT2D eigenvalue weighted by Gasteiger charge is -2.19. The molecule has 0 spiro atoms. The molecule has 0 aliphatic rings. The first-order valence-corrected chi connectivity index (χ1v) is 8.51. The molecule has 1 aromatic rings. The van der Waals surface area contributed by atoms with Gasteiger partial charge in [0.25, 0.3) is 0 Å². The Morgan fingerprint density at radius 3 is 2.61 bits per heavy atom. The normalized spacial score (nSPS) is 13.1. The fourth-order valence-electron chi connectivity index (χ4n) is 2.33. The van der Waals surface area contributed by atoms with Gasteiger partial charge in [0.05, 0.1) is 0 Å². The number of aliphatic imine (C=N–C) groups is 1. The quantitative estimate of drug-likeness (QED) is 0.571. The van der Waals surface area contributed by atoms with Crippen LogP contribution in [0.3, 0.4) is 0 Å². The highest BCUT2D eigenvalue weighted by Crippen LogP contribution is 2.10. The summed E-state index contributed by atoms with van der Waals surface area (Å²) < 4.78 is 0. The van der Waals surface area contributed by atoms with E-state index in [-0.39, 0.29) is 0 Å². The summed E-state index contributed by atoms with van der Waals surface area (Å²) in [6, 6.07) is 4.54. The van der Waals surface area contributed by atoms with Gasteiger partial charge in [0.15, 0.2) is 5.96 Å². The SMILES string of the molecule is CN=C(NCc1ccnc(N(C)C)c1)NC(C)CCCC(C)C. The molecule has 0 fully saturated rings. The van der Waals surface area contributed by atoms with Crippen LogP contribution >= 0.6 is 0 Å². The smallest absolute Gasteiger partial charge is 0.191 e. The second-order valence-electron chi connectivity index (χ2n) is 6.71. The van der Waals surface area contributed by atoms with Crippen molar-refractivity contribution in [3.63, 3.8) is 0 Å². The summed E-state index contributed by atoms with van der Waals surface area (Å²) in [5, 5.41) is 6.84. The Hall–Kier alpha value is -1.78. The van der Waals surface area contributed by atoms with E-state index in [9.17, 15) is 0 Å². The van der Waals surface area contributed by atoms with Gasteiger partial charge in [-0.1, -0.05) is 26.7 Å². The van der Waals surface area contributed by atoms with Crippen molar-refractivity contribution in [3.8, 4) is 0 Å². The fourth-order valence-corrected chi connectivity index (χ4v) is 2.33. The highest BCUT2D eigenvalue weighted by molar-refractivity contribution is 5.79. The van der Waals surface area contributed by atoms with Crippen molar-refractivity contribution in [1.82, 2.24) is 15.6 Å². The predicted octanol–water partition coefficient (Wildman–Crippen LogP) is 3.03. The van der Waals surface area contributed by atoms with Crippen molar-refractivity contribution in [1.29, 1.82) is 0 Å². The lowest BCUT2D eigenvalue weighted by molar-refractivity contribution is 0.491. The van der Waals surface area contributed by atoms with Crippen molar-refractivity contribution in [2.24, 2.45) is 10.9 Å². The summed E-state index contributed by atoms with van der Waals surface area (Å²) in [5.74, 6) is 2.59. The molecule has 1 atom stereocenters. The first-order chi connectivity index (χ1) is 10.9. The highest BCUT2D eigenvalue weighted by atomic mass is 15.2. The highest BCUT2D eigenvalue weighted by Gasteiger charge is 2.06. The maximum atomic E-state index is 4.33. The van der Waals surface area contributed by atoms with Gasteiger partial charge in [-0.3, -0.25) is 4.99 Å². The largest absolute Gasteiger partial charge is 0.363 e. The van der Waals surface area contributed by atoms with Gasteiger partial charge in [-0.2, -0.15) is 0 Å². The number of hydrogen-bond donors (Lipinski definition) is 2. The van der Waals surface area contributed by atoms with Crippen molar-refractivity contribution < 1.29 is 0 Å². The van der Waals surface area contributed by atoms with Crippen LogP contribution in [0.1, 0.15) is 45.6 Å². The van der Waals surface area contributed by atoms with Crippen molar-refractivity contribution >= 4 is 11.8 Å². The Bertz CT molecular complexity index is 482. The molecule has 0 aliphatic carbocycles. The first-order valence-electron chi connectivity index (χ1n) is 8.51. The molecule has 0 saturated heterocycles. The monoisotopic (exact) mass is 319 g/mol. The van der Waals surface area contributed by atoms with Gasteiger partial charge >= 0.3 is 0 Å². The molecule has 1 rings (SSSR count). The second kappa shape index (κ2) is 10.1. The minimum Gasteiger partial charge on any atom is -0.363 e. The number of nitrogens with zero attached hydrogens (tertiary/aromatic N) is 3. The topological polar surface area (TPSA) is 52.6 Å². The molecular formula is C18H33N5. The Morgan fingerprint density at radius 2 is 2.00 bits per heavy atom. The maximum Gasteiger partial charge on any atom is 0.191 e. The molecule has 2 N–H and O–H groups in total. The van der Waals surface area contributed by atoms with E-state index >= 15 is 0 Å². The third-order valence-electron chi connectivity index (χ3n) is 3.75. The van der Waals surface area contributed by atoms with Gasteiger partial charge in [-0.15, -0.1) is 0 Å². The van der Waals surface area contributed by atoms with Crippen LogP contribution in [0.2, 0.25) is 0 Å². The predicted molar refractivity (Wildman–Crippen MR) is 100 cm³/mol. The zero-order chi connectivity index (χ0) is 17.2. The van der Waals surface area contributed by atoms with Gasteiger partial charge in [0.2, 0.25) is 0 Å². The van der Waals surface area contributed by atoms with Crippen LogP contribution in [0.15, 0.2) is 23.3 Å². The molecule has 0 amide bonds. The van der Waals surface area contributed by atoms with E-state index < -0.39 is 0 Å². The second-order valence-corrected chi connectivity index (χ2v) is 6.71. The van der Waals surface area contributed by atoms with Gasteiger partial charge in [0.1, 0.15) is 5.82 Å². The molecule has 1 heterocycles. The summed E-state index contributed by atoms with van der Waals surface area (Å²) in [6.07, 6.45) is 5.54. The van der Waals surface area contributed by atoms with Gasteiger partial charge < -0.3 is 15.5 Å². The molecule has 1 aromatic heterocycles. The van der Waals surface area contributed by atoms with Crippen LogP contribution < -0.4 is 15.5 Å². The number of anilines is 1. The maximum absolute atomic E-state index is 4.33. The Labute approximate surface area is 141 Å². The molecule has 0 aliphatic heterocycles. The van der Waals surface area contributed by atoms with Crippen molar-refractivity contribution in [2.45, 2.75) is 52.6 Å². The number of rotatable bonds is 8. The summed E-state index contributed by atoms with van der Waals surface area (Å²) in [4.78, 5) is 10.7. The minimum absolute atomic E-state index is 0.426.